The van der Waals surface area contributed by atoms with Gasteiger partial charge in [-0.3, -0.25) is 9.30 Å². The highest BCUT2D eigenvalue weighted by Gasteiger charge is 2.56. The van der Waals surface area contributed by atoms with Gasteiger partial charge in [0.2, 0.25) is 0 Å². The Labute approximate surface area is 172 Å². The number of likely N-dealkylation sites (tertiary alicyclic amines) is 1. The summed E-state index contributed by atoms with van der Waals surface area (Å²) in [5, 5.41) is 7.76. The van der Waals surface area contributed by atoms with E-state index in [9.17, 15) is 13.2 Å². The van der Waals surface area contributed by atoms with Crippen molar-refractivity contribution in [2.75, 3.05) is 19.7 Å². The Morgan fingerprint density at radius 2 is 1.80 bits per heavy atom. The van der Waals surface area contributed by atoms with E-state index in [1.54, 1.807) is 12.3 Å². The predicted molar refractivity (Wildman–Crippen MR) is 105 cm³/mol. The molecule has 2 fully saturated rings. The molecule has 0 amide bonds. The molecular formula is C22H23F3N4O. The van der Waals surface area contributed by atoms with Crippen LogP contribution in [0.3, 0.4) is 0 Å². The summed E-state index contributed by atoms with van der Waals surface area (Å²) in [7, 11) is 0. The lowest BCUT2D eigenvalue weighted by Crippen LogP contribution is -2.26. The molecule has 0 spiro atoms. The molecule has 1 saturated heterocycles. The average Bonchev–Trinajstić information content (AvgIpc) is 3.04. The summed E-state index contributed by atoms with van der Waals surface area (Å²) in [6.45, 7) is 4.34. The van der Waals surface area contributed by atoms with Crippen LogP contribution in [0.2, 0.25) is 0 Å². The first kappa shape index (κ1) is 19.5. The highest BCUT2D eigenvalue weighted by molar-refractivity contribution is 5.53. The molecule has 1 aromatic carbocycles. The molecule has 30 heavy (non-hydrogen) atoms. The number of piperidine rings is 1. The van der Waals surface area contributed by atoms with Crippen LogP contribution in [0.4, 0.5) is 13.2 Å². The SMILES string of the molecule is CCOCc1nnc2c(C(F)(F)F)c(CN3C[C@@H]4[C@H](C3)[C@@H]4c3ccccc3)ccn12. The summed E-state index contributed by atoms with van der Waals surface area (Å²) < 4.78 is 48.5. The zero-order chi connectivity index (χ0) is 20.9. The lowest BCUT2D eigenvalue weighted by Gasteiger charge is -2.22. The van der Waals surface area contributed by atoms with Crippen LogP contribution < -0.4 is 0 Å². The molecule has 5 rings (SSSR count). The minimum atomic E-state index is -4.50. The van der Waals surface area contributed by atoms with Crippen LogP contribution in [0.25, 0.3) is 5.65 Å². The van der Waals surface area contributed by atoms with Crippen molar-refractivity contribution in [2.45, 2.75) is 32.2 Å². The zero-order valence-electron chi connectivity index (χ0n) is 16.6. The fraction of sp³-hybridized carbons (Fsp3) is 0.455. The van der Waals surface area contributed by atoms with Gasteiger partial charge in [0.15, 0.2) is 11.5 Å². The monoisotopic (exact) mass is 416 g/mol. The Balaban J connectivity index is 1.36. The van der Waals surface area contributed by atoms with Crippen LogP contribution in [-0.2, 0) is 24.1 Å². The number of fused-ring (bicyclic) bond motifs is 2. The lowest BCUT2D eigenvalue weighted by atomic mass is 10.1. The van der Waals surface area contributed by atoms with Crippen molar-refractivity contribution < 1.29 is 17.9 Å². The van der Waals surface area contributed by atoms with Crippen LogP contribution >= 0.6 is 0 Å². The van der Waals surface area contributed by atoms with Crippen molar-refractivity contribution in [3.8, 4) is 0 Å². The molecule has 0 N–H and O–H groups in total. The van der Waals surface area contributed by atoms with E-state index >= 15 is 0 Å². The Morgan fingerprint density at radius 3 is 2.47 bits per heavy atom. The summed E-state index contributed by atoms with van der Waals surface area (Å²) in [4.78, 5) is 2.13. The number of pyridine rings is 1. The van der Waals surface area contributed by atoms with Gasteiger partial charge in [0.25, 0.3) is 0 Å². The van der Waals surface area contributed by atoms with Gasteiger partial charge in [-0.1, -0.05) is 30.3 Å². The molecule has 0 radical (unpaired) electrons. The molecule has 2 aliphatic rings. The van der Waals surface area contributed by atoms with Crippen molar-refractivity contribution in [3.05, 3.63) is 65.1 Å². The number of ether oxygens (including phenoxy) is 1. The number of nitrogens with zero attached hydrogens (tertiary/aromatic N) is 4. The van der Waals surface area contributed by atoms with E-state index in [2.05, 4.69) is 27.2 Å². The minimum absolute atomic E-state index is 0.130. The lowest BCUT2D eigenvalue weighted by molar-refractivity contribution is -0.137. The van der Waals surface area contributed by atoms with Crippen molar-refractivity contribution >= 4 is 5.65 Å². The maximum absolute atomic E-state index is 14.0. The topological polar surface area (TPSA) is 42.7 Å². The Morgan fingerprint density at radius 1 is 1.07 bits per heavy atom. The quantitative estimate of drug-likeness (QED) is 0.606. The van der Waals surface area contributed by atoms with Gasteiger partial charge in [-0.15, -0.1) is 10.2 Å². The number of aromatic nitrogens is 3. The number of hydrogen-bond acceptors (Lipinski definition) is 4. The molecule has 8 heteroatoms. The maximum atomic E-state index is 14.0. The first-order valence-corrected chi connectivity index (χ1v) is 10.2. The van der Waals surface area contributed by atoms with E-state index in [1.807, 2.05) is 25.1 Å². The average molecular weight is 416 g/mol. The molecule has 1 saturated carbocycles. The summed E-state index contributed by atoms with van der Waals surface area (Å²) in [5.74, 6) is 1.99. The first-order chi connectivity index (χ1) is 14.5. The number of halogens is 3. The van der Waals surface area contributed by atoms with Gasteiger partial charge in [0.05, 0.1) is 0 Å². The Kier molecular flexibility index (Phi) is 4.78. The predicted octanol–water partition coefficient (Wildman–Crippen LogP) is 4.13. The third kappa shape index (κ3) is 3.37. The maximum Gasteiger partial charge on any atom is 0.420 e. The van der Waals surface area contributed by atoms with Gasteiger partial charge in [-0.2, -0.15) is 13.2 Å². The van der Waals surface area contributed by atoms with Gasteiger partial charge in [0.1, 0.15) is 12.2 Å². The molecule has 3 aromatic rings. The third-order valence-electron chi connectivity index (χ3n) is 6.30. The van der Waals surface area contributed by atoms with Gasteiger partial charge in [0, 0.05) is 32.4 Å². The van der Waals surface area contributed by atoms with Crippen molar-refractivity contribution in [1.82, 2.24) is 19.5 Å². The second-order valence-electron chi connectivity index (χ2n) is 8.12. The minimum Gasteiger partial charge on any atom is -0.374 e. The van der Waals surface area contributed by atoms with Crippen molar-refractivity contribution in [3.63, 3.8) is 0 Å². The van der Waals surface area contributed by atoms with E-state index < -0.39 is 11.7 Å². The molecule has 1 aliphatic heterocycles. The van der Waals surface area contributed by atoms with Gasteiger partial charge in [-0.25, -0.2) is 0 Å². The van der Waals surface area contributed by atoms with Crippen LogP contribution in [0, 0.1) is 11.8 Å². The van der Waals surface area contributed by atoms with Crippen molar-refractivity contribution in [1.29, 1.82) is 0 Å². The van der Waals surface area contributed by atoms with Crippen LogP contribution in [0.1, 0.15) is 35.4 Å². The van der Waals surface area contributed by atoms with E-state index in [0.29, 0.717) is 30.2 Å². The molecular weight excluding hydrogens is 393 g/mol. The van der Waals surface area contributed by atoms with Crippen LogP contribution in [0.5, 0.6) is 0 Å². The summed E-state index contributed by atoms with van der Waals surface area (Å²) in [6.07, 6.45) is -2.87. The summed E-state index contributed by atoms with van der Waals surface area (Å²) in [6, 6.07) is 11.9. The normalized spacial score (nSPS) is 23.8. The standard InChI is InChI=1S/C22H23F3N4O/c1-2-30-13-18-26-27-21-20(22(23,24)25)15(8-9-29(18)21)10-28-11-16-17(12-28)19(16)14-6-4-3-5-7-14/h3-9,16-17,19H,2,10-13H2,1H3/t16-,17+,19-. The highest BCUT2D eigenvalue weighted by Crippen LogP contribution is 2.58. The summed E-state index contributed by atoms with van der Waals surface area (Å²) >= 11 is 0. The number of hydrogen-bond donors (Lipinski definition) is 0. The van der Waals surface area contributed by atoms with E-state index in [0.717, 1.165) is 13.1 Å². The second kappa shape index (κ2) is 7.35. The van der Waals surface area contributed by atoms with Crippen LogP contribution in [0.15, 0.2) is 42.6 Å². The molecule has 3 atom stereocenters. The molecule has 0 unspecified atom stereocenters. The van der Waals surface area contributed by atoms with Crippen molar-refractivity contribution in [2.24, 2.45) is 11.8 Å². The molecule has 5 nitrogen and oxygen atoms in total. The largest absolute Gasteiger partial charge is 0.420 e. The molecule has 158 valence electrons. The number of rotatable bonds is 6. The van der Waals surface area contributed by atoms with Crippen LogP contribution in [-0.4, -0.2) is 39.2 Å². The first-order valence-electron chi connectivity index (χ1n) is 10.2. The Hall–Kier alpha value is -2.45. The van der Waals surface area contributed by atoms with Gasteiger partial charge < -0.3 is 4.74 Å². The summed E-state index contributed by atoms with van der Waals surface area (Å²) in [5.41, 5.74) is 0.749. The molecule has 0 bridgehead atoms. The molecule has 2 aromatic heterocycles. The number of alkyl halides is 3. The van der Waals surface area contributed by atoms with Gasteiger partial charge in [-0.05, 0) is 41.9 Å². The zero-order valence-corrected chi connectivity index (χ0v) is 16.6. The smallest absolute Gasteiger partial charge is 0.374 e. The van der Waals surface area contributed by atoms with E-state index in [4.69, 9.17) is 4.74 Å². The Bertz CT molecular complexity index is 1040. The fourth-order valence-electron chi connectivity index (χ4n) is 4.93. The van der Waals surface area contributed by atoms with E-state index in [-0.39, 0.29) is 24.4 Å². The van der Waals surface area contributed by atoms with Gasteiger partial charge >= 0.3 is 6.18 Å². The number of benzene rings is 1. The second-order valence-corrected chi connectivity index (χ2v) is 8.12. The van der Waals surface area contributed by atoms with E-state index in [1.165, 1.54) is 9.96 Å². The fourth-order valence-corrected chi connectivity index (χ4v) is 4.93. The molecule has 3 heterocycles. The third-order valence-corrected chi connectivity index (χ3v) is 6.30. The molecule has 1 aliphatic carbocycles. The highest BCUT2D eigenvalue weighted by atomic mass is 19.4.